The number of aromatic amines is 1. The number of aryl methyl sites for hydroxylation is 1. The molecule has 5 aromatic rings. The van der Waals surface area contributed by atoms with Crippen LogP contribution in [0.5, 0.6) is 0 Å². The zero-order chi connectivity index (χ0) is 39.6. The van der Waals surface area contributed by atoms with E-state index in [9.17, 15) is 24.2 Å². The van der Waals surface area contributed by atoms with E-state index in [2.05, 4.69) is 35.2 Å². The first-order valence-electron chi connectivity index (χ1n) is 17.3. The van der Waals surface area contributed by atoms with Gasteiger partial charge in [0.2, 0.25) is 0 Å². The van der Waals surface area contributed by atoms with Gasteiger partial charge in [0.15, 0.2) is 48.0 Å². The molecule has 294 valence electrons. The number of nitrogens with zero attached hydrogens (tertiary/aromatic N) is 7. The van der Waals surface area contributed by atoms with Gasteiger partial charge in [-0.15, -0.1) is 9.42 Å². The summed E-state index contributed by atoms with van der Waals surface area (Å²) in [7, 11) is -5.94. The van der Waals surface area contributed by atoms with E-state index in [0.717, 1.165) is 0 Å². The number of ether oxygens (including phenoxy) is 2. The lowest BCUT2D eigenvalue weighted by Crippen LogP contribution is -2.33. The monoisotopic (exact) mass is 800 g/mol. The van der Waals surface area contributed by atoms with Crippen molar-refractivity contribution in [2.75, 3.05) is 25.2 Å². The molecule has 19 nitrogen and oxygen atoms in total. The maximum atomic E-state index is 12.9. The molecular weight excluding hydrogens is 755 g/mol. The lowest BCUT2D eigenvalue weighted by atomic mass is 10.0. The average molecular weight is 801 g/mol. The van der Waals surface area contributed by atoms with Crippen LogP contribution in [0.1, 0.15) is 56.3 Å². The Balaban J connectivity index is 0.00000253. The van der Waals surface area contributed by atoms with E-state index in [4.69, 9.17) is 23.0 Å². The highest BCUT2D eigenvalue weighted by Crippen LogP contribution is 2.57. The van der Waals surface area contributed by atoms with Crippen LogP contribution in [-0.4, -0.2) is 107 Å². The van der Waals surface area contributed by atoms with Crippen LogP contribution in [0, 0.1) is 18.8 Å². The van der Waals surface area contributed by atoms with E-state index in [0.29, 0.717) is 22.6 Å². The van der Waals surface area contributed by atoms with Gasteiger partial charge in [-0.1, -0.05) is 45.9 Å². The lowest BCUT2D eigenvalue weighted by molar-refractivity contribution is -0.0479. The van der Waals surface area contributed by atoms with Gasteiger partial charge >= 0.3 is 8.25 Å². The van der Waals surface area contributed by atoms with Gasteiger partial charge in [-0.25, -0.2) is 29.4 Å². The van der Waals surface area contributed by atoms with Crippen LogP contribution in [0.2, 0.25) is 0 Å². The standard InChI is InChI=1S/C31H38BN9O10P2.C2H6/c1-15-20(49-31(24(15)50-52(45)46)41-14-36-22-27(41)37-17(3)38-29(22)44)11-47-53(4,32)51-23-16(2)30(48-19(23)10-42)40-13-35-21-25(33-12-34-26(21)40)39-28(43)18-8-6-5-7-9-18;1-2/h5-9,12-16,19-20,23-24,30-31,42H,10-11H2,1-4,32H3,(H2-,33,34,37,38,39,43,44,45,46);1-2H3/p+1/t15?,16?,19-,20-,23-,24+,30-,31-,53?;/m1./s1. The number of anilines is 1. The van der Waals surface area contributed by atoms with E-state index < -0.39 is 71.8 Å². The Morgan fingerprint density at radius 2 is 1.67 bits per heavy atom. The van der Waals surface area contributed by atoms with Crippen LogP contribution < -0.4 is 10.9 Å². The molecular formula is C33H45BN9O10P2+. The first-order valence-corrected chi connectivity index (χ1v) is 20.0. The van der Waals surface area contributed by atoms with Crippen LogP contribution in [0.4, 0.5) is 5.82 Å². The summed E-state index contributed by atoms with van der Waals surface area (Å²) in [5.41, 5.74) is 1.23. The van der Waals surface area contributed by atoms with E-state index in [1.807, 2.05) is 40.4 Å². The summed E-state index contributed by atoms with van der Waals surface area (Å²) in [5, 5.41) is 13.2. The molecule has 0 radical (unpaired) electrons. The molecule has 4 unspecified atom stereocenters. The SMILES string of the molecule is CC.[BH3-][P+](C)(OC[C@H]1O[C@@H](n2cnc3c(=O)[nH]c(C)nc32)[C@@H](O[P+](=O)O)C1C)O[C@@H]1C(C)[C@H](n2cnc3c(NC(=O)c4ccccc4)ncnc32)O[C@@H]1CO. The Kier molecular flexibility index (Phi) is 12.5. The number of nitrogens with one attached hydrogen (secondary N) is 2. The van der Waals surface area contributed by atoms with Crippen molar-refractivity contribution in [2.24, 2.45) is 11.8 Å². The van der Waals surface area contributed by atoms with Crippen molar-refractivity contribution < 1.29 is 42.4 Å². The number of hydrogen-bond acceptors (Lipinski definition) is 14. The third kappa shape index (κ3) is 8.38. The number of aliphatic hydroxyl groups excluding tert-OH is 1. The van der Waals surface area contributed by atoms with Gasteiger partial charge in [0.1, 0.15) is 37.2 Å². The highest BCUT2D eigenvalue weighted by atomic mass is 31.2. The molecule has 0 bridgehead atoms. The van der Waals surface area contributed by atoms with Crippen molar-refractivity contribution >= 4 is 57.5 Å². The molecule has 1 amide bonds. The summed E-state index contributed by atoms with van der Waals surface area (Å²) in [4.78, 5) is 59.4. The zero-order valence-corrected chi connectivity index (χ0v) is 32.1. The number of fused-ring (bicyclic) bond motifs is 2. The number of aliphatic hydroxyl groups is 1. The number of amides is 1. The molecule has 2 fully saturated rings. The van der Waals surface area contributed by atoms with Gasteiger partial charge in [-0.2, -0.15) is 0 Å². The number of carbonyl (C=O) groups excluding carboxylic acids is 1. The third-order valence-electron chi connectivity index (χ3n) is 9.16. The zero-order valence-electron chi connectivity index (χ0n) is 30.3. The minimum absolute atomic E-state index is 0.100. The second-order valence-corrected chi connectivity index (χ2v) is 14.5. The number of H-pyrrole nitrogens is 1. The summed E-state index contributed by atoms with van der Waals surface area (Å²) in [6.07, 6.45) is 0.117. The van der Waals surface area contributed by atoms with Crippen LogP contribution in [0.3, 0.4) is 0 Å². The maximum Gasteiger partial charge on any atom is 0.695 e. The largest absolute Gasteiger partial charge is 0.695 e. The first-order chi connectivity index (χ1) is 26.3. The number of hydrogen-bond donors (Lipinski definition) is 4. The molecule has 0 aliphatic carbocycles. The van der Waals surface area contributed by atoms with E-state index in [1.165, 1.54) is 17.2 Å². The smallest absolute Gasteiger partial charge is 0.394 e. The molecule has 6 heterocycles. The summed E-state index contributed by atoms with van der Waals surface area (Å²) >= 11 is 0. The first kappa shape index (κ1) is 40.6. The Labute approximate surface area is 318 Å². The second-order valence-electron chi connectivity index (χ2n) is 12.5. The fraction of sp³-hybridized carbons (Fsp3) is 0.485. The van der Waals surface area contributed by atoms with Gasteiger partial charge in [0.05, 0.1) is 39.6 Å². The normalized spacial score (nSPS) is 26.5. The minimum Gasteiger partial charge on any atom is -0.394 e. The van der Waals surface area contributed by atoms with Crippen molar-refractivity contribution in [1.82, 2.24) is 39.0 Å². The highest BCUT2D eigenvalue weighted by molar-refractivity contribution is 7.89. The molecule has 4 aromatic heterocycles. The van der Waals surface area contributed by atoms with E-state index in [1.54, 1.807) is 42.1 Å². The topological polar surface area (TPSA) is 240 Å². The van der Waals surface area contributed by atoms with Crippen molar-refractivity contribution in [3.63, 3.8) is 0 Å². The minimum atomic E-state index is -2.98. The number of carbonyl (C=O) groups is 1. The van der Waals surface area contributed by atoms with Gasteiger partial charge in [0, 0.05) is 22.0 Å². The molecule has 2 aliphatic rings. The molecule has 7 rings (SSSR count). The highest BCUT2D eigenvalue weighted by Gasteiger charge is 2.51. The number of aromatic nitrogens is 8. The fourth-order valence-corrected chi connectivity index (χ4v) is 8.12. The summed E-state index contributed by atoms with van der Waals surface area (Å²) in [6.45, 7) is 11.2. The Morgan fingerprint density at radius 3 is 2.36 bits per heavy atom. The van der Waals surface area contributed by atoms with Crippen LogP contribution in [-0.2, 0) is 27.6 Å². The van der Waals surface area contributed by atoms with Gasteiger partial charge in [0.25, 0.3) is 11.5 Å². The van der Waals surface area contributed by atoms with E-state index >= 15 is 0 Å². The molecule has 55 heavy (non-hydrogen) atoms. The second kappa shape index (κ2) is 17.0. The van der Waals surface area contributed by atoms with Crippen molar-refractivity contribution in [2.45, 2.75) is 71.5 Å². The molecule has 4 N–H and O–H groups in total. The lowest BCUT2D eigenvalue weighted by Gasteiger charge is -2.30. The molecule has 0 spiro atoms. The summed E-state index contributed by atoms with van der Waals surface area (Å²) in [5.74, 6) is -0.396. The predicted octanol–water partition coefficient (Wildman–Crippen LogP) is 2.80. The van der Waals surface area contributed by atoms with Gasteiger partial charge in [-0.3, -0.25) is 23.2 Å². The van der Waals surface area contributed by atoms with Crippen molar-refractivity contribution in [3.8, 4) is 0 Å². The van der Waals surface area contributed by atoms with Crippen molar-refractivity contribution in [1.29, 1.82) is 0 Å². The number of rotatable bonds is 12. The van der Waals surface area contributed by atoms with Crippen LogP contribution in [0.25, 0.3) is 22.3 Å². The summed E-state index contributed by atoms with van der Waals surface area (Å²) < 4.78 is 46.5. The predicted molar refractivity (Wildman–Crippen MR) is 205 cm³/mol. The molecule has 2 aliphatic heterocycles. The van der Waals surface area contributed by atoms with Crippen LogP contribution >= 0.6 is 15.8 Å². The number of benzene rings is 1. The van der Waals surface area contributed by atoms with Gasteiger partial charge < -0.3 is 24.9 Å². The third-order valence-corrected chi connectivity index (χ3v) is 10.6. The molecule has 0 saturated carbocycles. The summed E-state index contributed by atoms with van der Waals surface area (Å²) in [6, 6.07) is 8.76. The average Bonchev–Trinajstić information content (AvgIpc) is 3.93. The van der Waals surface area contributed by atoms with Crippen LogP contribution in [0.15, 0.2) is 54.1 Å². The number of imidazole rings is 2. The Bertz CT molecular complexity index is 2210. The maximum absolute atomic E-state index is 12.9. The van der Waals surface area contributed by atoms with E-state index in [-0.39, 0.29) is 42.0 Å². The molecule has 10 atom stereocenters. The Morgan fingerprint density at radius 1 is 1.00 bits per heavy atom. The fourth-order valence-electron chi connectivity index (χ4n) is 6.53. The van der Waals surface area contributed by atoms with Gasteiger partial charge in [-0.05, 0) is 19.1 Å². The molecule has 2 saturated heterocycles. The molecule has 1 aromatic carbocycles. The Hall–Kier alpha value is -4.10. The molecule has 22 heteroatoms. The van der Waals surface area contributed by atoms with Crippen molar-refractivity contribution in [3.05, 3.63) is 71.1 Å². The quantitative estimate of drug-likeness (QED) is 0.105.